The van der Waals surface area contributed by atoms with E-state index in [1.165, 1.54) is 32.1 Å². The quantitative estimate of drug-likeness (QED) is 0.884. The number of rotatable bonds is 2. The molecule has 2 saturated carbocycles. The molecule has 21 heavy (non-hydrogen) atoms. The molecule has 0 aromatic carbocycles. The van der Waals surface area contributed by atoms with Crippen molar-refractivity contribution in [2.75, 3.05) is 11.9 Å². The summed E-state index contributed by atoms with van der Waals surface area (Å²) in [6.07, 6.45) is 9.48. The average Bonchev–Trinajstić information content (AvgIpc) is 3.05. The van der Waals surface area contributed by atoms with Crippen LogP contribution >= 0.6 is 0 Å². The van der Waals surface area contributed by atoms with Crippen molar-refractivity contribution in [2.45, 2.75) is 43.7 Å². The average molecular weight is 285 g/mol. The van der Waals surface area contributed by atoms with Gasteiger partial charge in [0.2, 0.25) is 0 Å². The molecule has 110 valence electrons. The Morgan fingerprint density at radius 2 is 2.29 bits per heavy atom. The molecule has 6 heteroatoms. The molecule has 2 aliphatic carbocycles. The summed E-state index contributed by atoms with van der Waals surface area (Å²) in [5, 5.41) is 3.65. The maximum Gasteiger partial charge on any atom is 0.182 e. The van der Waals surface area contributed by atoms with E-state index in [4.69, 9.17) is 4.74 Å². The number of H-pyrrole nitrogens is 1. The highest BCUT2D eigenvalue weighted by Gasteiger charge is 2.62. The molecule has 5 rings (SSSR count). The van der Waals surface area contributed by atoms with Gasteiger partial charge in [-0.25, -0.2) is 15.0 Å². The van der Waals surface area contributed by atoms with Gasteiger partial charge >= 0.3 is 0 Å². The van der Waals surface area contributed by atoms with E-state index in [-0.39, 0.29) is 5.60 Å². The van der Waals surface area contributed by atoms with E-state index in [1.54, 1.807) is 12.7 Å². The lowest BCUT2D eigenvalue weighted by Crippen LogP contribution is -2.61. The molecule has 3 aliphatic rings. The fourth-order valence-electron chi connectivity index (χ4n) is 4.81. The number of nitrogens with one attached hydrogen (secondary N) is 2. The fraction of sp³-hybridized carbons (Fsp3) is 0.667. The van der Waals surface area contributed by atoms with Gasteiger partial charge in [-0.2, -0.15) is 0 Å². The Morgan fingerprint density at radius 1 is 1.29 bits per heavy atom. The van der Waals surface area contributed by atoms with Crippen LogP contribution in [0.15, 0.2) is 12.7 Å². The van der Waals surface area contributed by atoms with Crippen molar-refractivity contribution in [3.05, 3.63) is 12.7 Å². The van der Waals surface area contributed by atoms with Crippen LogP contribution in [-0.4, -0.2) is 38.2 Å². The first-order valence-corrected chi connectivity index (χ1v) is 7.91. The molecule has 3 fully saturated rings. The molecule has 1 saturated heterocycles. The van der Waals surface area contributed by atoms with Crippen LogP contribution in [-0.2, 0) is 4.74 Å². The van der Waals surface area contributed by atoms with Crippen molar-refractivity contribution in [3.8, 4) is 0 Å². The highest BCUT2D eigenvalue weighted by atomic mass is 16.5. The van der Waals surface area contributed by atoms with E-state index in [1.807, 2.05) is 0 Å². The number of hydrogen-bond acceptors (Lipinski definition) is 5. The number of nitrogens with zero attached hydrogens (tertiary/aromatic N) is 3. The van der Waals surface area contributed by atoms with Crippen molar-refractivity contribution in [1.29, 1.82) is 0 Å². The number of aromatic nitrogens is 4. The molecule has 4 unspecified atom stereocenters. The van der Waals surface area contributed by atoms with E-state index in [9.17, 15) is 0 Å². The monoisotopic (exact) mass is 285 g/mol. The van der Waals surface area contributed by atoms with Gasteiger partial charge in [0.15, 0.2) is 11.5 Å². The van der Waals surface area contributed by atoms with Crippen LogP contribution < -0.4 is 5.32 Å². The predicted molar refractivity (Wildman–Crippen MR) is 77.8 cm³/mol. The Hall–Kier alpha value is -1.69. The van der Waals surface area contributed by atoms with Crippen LogP contribution in [0.5, 0.6) is 0 Å². The molecule has 1 aliphatic heterocycles. The molecule has 3 heterocycles. The van der Waals surface area contributed by atoms with Crippen LogP contribution in [0.4, 0.5) is 5.82 Å². The molecule has 1 spiro atoms. The minimum Gasteiger partial charge on any atom is -0.374 e. The number of aromatic amines is 1. The Balaban J connectivity index is 1.45. The summed E-state index contributed by atoms with van der Waals surface area (Å²) < 4.78 is 6.19. The molecule has 4 atom stereocenters. The normalized spacial score (nSPS) is 37.8. The number of fused-ring (bicyclic) bond motifs is 1. The second-order valence-corrected chi connectivity index (χ2v) is 6.60. The third-order valence-corrected chi connectivity index (χ3v) is 5.81. The van der Waals surface area contributed by atoms with Gasteiger partial charge in [-0.3, -0.25) is 0 Å². The summed E-state index contributed by atoms with van der Waals surface area (Å²) in [4.78, 5) is 15.9. The van der Waals surface area contributed by atoms with Crippen molar-refractivity contribution in [2.24, 2.45) is 11.8 Å². The van der Waals surface area contributed by atoms with Gasteiger partial charge in [-0.15, -0.1) is 0 Å². The highest BCUT2D eigenvalue weighted by molar-refractivity contribution is 5.82. The summed E-state index contributed by atoms with van der Waals surface area (Å²) in [6, 6.07) is 0.453. The summed E-state index contributed by atoms with van der Waals surface area (Å²) in [7, 11) is 0. The van der Waals surface area contributed by atoms with Crippen molar-refractivity contribution in [3.63, 3.8) is 0 Å². The van der Waals surface area contributed by atoms with Crippen molar-refractivity contribution < 1.29 is 4.74 Å². The molecule has 0 amide bonds. The molecule has 0 bridgehead atoms. The first-order chi connectivity index (χ1) is 10.4. The number of imidazole rings is 1. The second kappa shape index (κ2) is 4.16. The fourth-order valence-corrected chi connectivity index (χ4v) is 4.81. The molecule has 2 N–H and O–H groups in total. The largest absolute Gasteiger partial charge is 0.374 e. The van der Waals surface area contributed by atoms with E-state index in [2.05, 4.69) is 25.3 Å². The number of ether oxygens (including phenoxy) is 1. The van der Waals surface area contributed by atoms with Gasteiger partial charge in [0.05, 0.1) is 11.9 Å². The van der Waals surface area contributed by atoms with Crippen molar-refractivity contribution >= 4 is 17.0 Å². The van der Waals surface area contributed by atoms with Gasteiger partial charge in [0.25, 0.3) is 0 Å². The highest BCUT2D eigenvalue weighted by Crippen LogP contribution is 2.59. The maximum absolute atomic E-state index is 6.19. The van der Waals surface area contributed by atoms with Gasteiger partial charge in [0.1, 0.15) is 11.8 Å². The molecule has 6 nitrogen and oxygen atoms in total. The minimum absolute atomic E-state index is 0.177. The van der Waals surface area contributed by atoms with Gasteiger partial charge in [-0.1, -0.05) is 0 Å². The number of anilines is 1. The molecule has 2 aromatic heterocycles. The molecular formula is C15H19N5O. The standard InChI is InChI=1S/C15H19N5O/c1-2-11(10-6-9-3-5-21-15(9,10)4-1)20-14-12-13(17-7-16-12)18-8-19-14/h7-11H,1-6H2,(H2,16,17,18,19,20). The van der Waals surface area contributed by atoms with E-state index >= 15 is 0 Å². The van der Waals surface area contributed by atoms with Crippen LogP contribution in [0.3, 0.4) is 0 Å². The van der Waals surface area contributed by atoms with E-state index in [0.717, 1.165) is 29.5 Å². The first-order valence-electron chi connectivity index (χ1n) is 7.91. The Bertz CT molecular complexity index is 686. The molecular weight excluding hydrogens is 266 g/mol. The van der Waals surface area contributed by atoms with Gasteiger partial charge < -0.3 is 15.0 Å². The SMILES string of the molecule is c1nc(NC2CCCC34OCCC3CC24)c2[nH]cnc2n1. The zero-order valence-electron chi connectivity index (χ0n) is 11.9. The summed E-state index contributed by atoms with van der Waals surface area (Å²) in [6.45, 7) is 0.951. The summed E-state index contributed by atoms with van der Waals surface area (Å²) in [5.41, 5.74) is 1.80. The van der Waals surface area contributed by atoms with Crippen LogP contribution in [0, 0.1) is 11.8 Å². The maximum atomic E-state index is 6.19. The summed E-state index contributed by atoms with van der Waals surface area (Å²) in [5.74, 6) is 2.30. The topological polar surface area (TPSA) is 75.7 Å². The third kappa shape index (κ3) is 1.54. The van der Waals surface area contributed by atoms with E-state index in [0.29, 0.717) is 12.0 Å². The zero-order valence-corrected chi connectivity index (χ0v) is 11.9. The lowest BCUT2D eigenvalue weighted by Gasteiger charge is -2.57. The smallest absolute Gasteiger partial charge is 0.182 e. The Morgan fingerprint density at radius 3 is 3.24 bits per heavy atom. The van der Waals surface area contributed by atoms with Crippen LogP contribution in [0.1, 0.15) is 32.1 Å². The Kier molecular flexibility index (Phi) is 2.36. The van der Waals surface area contributed by atoms with Crippen LogP contribution in [0.2, 0.25) is 0 Å². The third-order valence-electron chi connectivity index (χ3n) is 5.81. The van der Waals surface area contributed by atoms with Gasteiger partial charge in [-0.05, 0) is 38.0 Å². The molecule has 2 aromatic rings. The lowest BCUT2D eigenvalue weighted by molar-refractivity contribution is -0.160. The Labute approximate surface area is 122 Å². The lowest BCUT2D eigenvalue weighted by atomic mass is 9.53. The predicted octanol–water partition coefficient (Wildman–Crippen LogP) is 2.11. The zero-order chi connectivity index (χ0) is 13.9. The van der Waals surface area contributed by atoms with Gasteiger partial charge in [0, 0.05) is 18.6 Å². The first kappa shape index (κ1) is 11.9. The van der Waals surface area contributed by atoms with E-state index < -0.39 is 0 Å². The minimum atomic E-state index is 0.177. The van der Waals surface area contributed by atoms with Crippen LogP contribution in [0.25, 0.3) is 11.2 Å². The summed E-state index contributed by atoms with van der Waals surface area (Å²) >= 11 is 0. The number of hydrogen-bond donors (Lipinski definition) is 2. The molecule has 0 radical (unpaired) electrons. The van der Waals surface area contributed by atoms with Crippen molar-refractivity contribution in [1.82, 2.24) is 19.9 Å². The second-order valence-electron chi connectivity index (χ2n) is 6.60.